The highest BCUT2D eigenvalue weighted by Gasteiger charge is 2.18. The van der Waals surface area contributed by atoms with Crippen LogP contribution in [0.25, 0.3) is 17.1 Å². The molecule has 1 heterocycles. The first kappa shape index (κ1) is 22.4. The summed E-state index contributed by atoms with van der Waals surface area (Å²) in [5.74, 6) is -1.56. The second kappa shape index (κ2) is 9.81. The molecule has 32 heavy (non-hydrogen) atoms. The summed E-state index contributed by atoms with van der Waals surface area (Å²) in [7, 11) is 0. The molecule has 162 valence electrons. The second-order valence-corrected chi connectivity index (χ2v) is 8.80. The topological polar surface area (TPSA) is 59.8 Å². The molecule has 4 aromatic rings. The molecule has 0 radical (unpaired) electrons. The molecule has 0 aliphatic rings. The highest BCUT2D eigenvalue weighted by atomic mass is 79.9. The summed E-state index contributed by atoms with van der Waals surface area (Å²) in [6.45, 7) is 0. The fourth-order valence-electron chi connectivity index (χ4n) is 2.93. The summed E-state index contributed by atoms with van der Waals surface area (Å²) in [6, 6.07) is 18.4. The number of benzene rings is 3. The van der Waals surface area contributed by atoms with Gasteiger partial charge in [-0.3, -0.25) is 9.36 Å². The zero-order valence-electron chi connectivity index (χ0n) is 16.2. The van der Waals surface area contributed by atoms with Gasteiger partial charge in [-0.25, -0.2) is 8.78 Å². The number of nitrogens with one attached hydrogen (secondary N) is 1. The molecular weight excluding hydrogens is 522 g/mol. The largest absolute Gasteiger partial charge is 0.322 e. The van der Waals surface area contributed by atoms with E-state index in [0.717, 1.165) is 29.1 Å². The Bertz CT molecular complexity index is 1250. The molecule has 1 N–H and O–H groups in total. The van der Waals surface area contributed by atoms with Crippen LogP contribution in [0.3, 0.4) is 0 Å². The van der Waals surface area contributed by atoms with Gasteiger partial charge < -0.3 is 5.32 Å². The van der Waals surface area contributed by atoms with Gasteiger partial charge in [-0.15, -0.1) is 10.2 Å². The number of aromatic nitrogens is 3. The van der Waals surface area contributed by atoms with Crippen LogP contribution in [-0.2, 0) is 4.79 Å². The molecule has 0 saturated carbocycles. The number of rotatable bonds is 6. The standard InChI is InChI=1S/C22H14BrClF2N4OS/c23-17-10-15(25)11-18(26)20(17)27-19(31)12-32-22-29-28-21(13-6-8-14(24)9-7-13)30(22)16-4-2-1-3-5-16/h1-11H,12H2,(H,27,31). The number of amides is 1. The molecule has 0 spiro atoms. The number of halogens is 4. The lowest BCUT2D eigenvalue weighted by molar-refractivity contribution is -0.113. The van der Waals surface area contributed by atoms with Crippen LogP contribution in [0, 0.1) is 11.6 Å². The number of carbonyl (C=O) groups is 1. The van der Waals surface area contributed by atoms with Crippen molar-refractivity contribution in [3.05, 3.63) is 87.9 Å². The van der Waals surface area contributed by atoms with E-state index in [1.54, 1.807) is 12.1 Å². The van der Waals surface area contributed by atoms with E-state index in [2.05, 4.69) is 31.4 Å². The van der Waals surface area contributed by atoms with E-state index in [1.807, 2.05) is 47.0 Å². The molecule has 4 rings (SSSR count). The van der Waals surface area contributed by atoms with E-state index in [9.17, 15) is 13.6 Å². The maximum Gasteiger partial charge on any atom is 0.234 e. The average Bonchev–Trinajstić information content (AvgIpc) is 3.20. The van der Waals surface area contributed by atoms with Crippen molar-refractivity contribution in [3.8, 4) is 17.1 Å². The lowest BCUT2D eigenvalue weighted by Crippen LogP contribution is -2.16. The molecule has 1 amide bonds. The molecule has 5 nitrogen and oxygen atoms in total. The predicted octanol–water partition coefficient (Wildman–Crippen LogP) is 6.36. The smallest absolute Gasteiger partial charge is 0.234 e. The van der Waals surface area contributed by atoms with E-state index in [1.165, 1.54) is 0 Å². The monoisotopic (exact) mass is 534 g/mol. The quantitative estimate of drug-likeness (QED) is 0.292. The van der Waals surface area contributed by atoms with Crippen LogP contribution in [-0.4, -0.2) is 26.4 Å². The number of anilines is 1. The van der Waals surface area contributed by atoms with Gasteiger partial charge in [0.25, 0.3) is 0 Å². The first-order chi connectivity index (χ1) is 15.4. The van der Waals surface area contributed by atoms with Gasteiger partial charge in [0.05, 0.1) is 11.4 Å². The molecule has 0 bridgehead atoms. The minimum absolute atomic E-state index is 0.0607. The Morgan fingerprint density at radius 2 is 1.78 bits per heavy atom. The maximum absolute atomic E-state index is 14.0. The molecule has 1 aromatic heterocycles. The van der Waals surface area contributed by atoms with Gasteiger partial charge >= 0.3 is 0 Å². The van der Waals surface area contributed by atoms with E-state index in [-0.39, 0.29) is 15.9 Å². The van der Waals surface area contributed by atoms with Crippen molar-refractivity contribution in [1.82, 2.24) is 14.8 Å². The Morgan fingerprint density at radius 1 is 1.06 bits per heavy atom. The van der Waals surface area contributed by atoms with Gasteiger partial charge in [-0.2, -0.15) is 0 Å². The lowest BCUT2D eigenvalue weighted by atomic mass is 10.2. The van der Waals surface area contributed by atoms with Gasteiger partial charge in [-0.1, -0.05) is 41.6 Å². The van der Waals surface area contributed by atoms with Crippen molar-refractivity contribution in [3.63, 3.8) is 0 Å². The summed E-state index contributed by atoms with van der Waals surface area (Å²) < 4.78 is 29.2. The molecule has 0 fully saturated rings. The van der Waals surface area contributed by atoms with Crippen molar-refractivity contribution >= 4 is 50.9 Å². The van der Waals surface area contributed by atoms with Gasteiger partial charge in [0.1, 0.15) is 5.82 Å². The van der Waals surface area contributed by atoms with Crippen LogP contribution < -0.4 is 5.32 Å². The maximum atomic E-state index is 14.0. The minimum Gasteiger partial charge on any atom is -0.322 e. The Morgan fingerprint density at radius 3 is 2.47 bits per heavy atom. The molecule has 0 saturated heterocycles. The first-order valence-corrected chi connectivity index (χ1v) is 11.4. The Hall–Kier alpha value is -2.75. The molecule has 0 aliphatic heterocycles. The first-order valence-electron chi connectivity index (χ1n) is 9.26. The van der Waals surface area contributed by atoms with E-state index in [0.29, 0.717) is 22.1 Å². The van der Waals surface area contributed by atoms with E-state index < -0.39 is 17.5 Å². The van der Waals surface area contributed by atoms with E-state index >= 15 is 0 Å². The summed E-state index contributed by atoms with van der Waals surface area (Å²) in [5, 5.41) is 12.1. The summed E-state index contributed by atoms with van der Waals surface area (Å²) in [4.78, 5) is 12.5. The predicted molar refractivity (Wildman–Crippen MR) is 125 cm³/mol. The summed E-state index contributed by atoms with van der Waals surface area (Å²) >= 11 is 10.2. The zero-order chi connectivity index (χ0) is 22.7. The van der Waals surface area contributed by atoms with Gasteiger partial charge in [-0.05, 0) is 58.4 Å². The highest BCUT2D eigenvalue weighted by molar-refractivity contribution is 9.10. The van der Waals surface area contributed by atoms with Crippen molar-refractivity contribution in [1.29, 1.82) is 0 Å². The minimum atomic E-state index is -0.868. The molecule has 0 atom stereocenters. The molecule has 10 heteroatoms. The van der Waals surface area contributed by atoms with Gasteiger partial charge in [0, 0.05) is 26.8 Å². The van der Waals surface area contributed by atoms with Crippen LogP contribution in [0.5, 0.6) is 0 Å². The number of hydrogen-bond donors (Lipinski definition) is 1. The Kier molecular flexibility index (Phi) is 6.88. The van der Waals surface area contributed by atoms with E-state index in [4.69, 9.17) is 11.6 Å². The number of nitrogens with zero attached hydrogens (tertiary/aromatic N) is 3. The third-order valence-corrected chi connectivity index (χ3v) is 6.16. The van der Waals surface area contributed by atoms with Crippen LogP contribution in [0.4, 0.5) is 14.5 Å². The van der Waals surface area contributed by atoms with Crippen LogP contribution in [0.2, 0.25) is 5.02 Å². The SMILES string of the molecule is O=C(CSc1nnc(-c2ccc(Cl)cc2)n1-c1ccccc1)Nc1c(F)cc(F)cc1Br. The number of carbonyl (C=O) groups excluding carboxylic acids is 1. The molecule has 0 aliphatic carbocycles. The number of hydrogen-bond acceptors (Lipinski definition) is 4. The van der Waals surface area contributed by atoms with Crippen LogP contribution >= 0.6 is 39.3 Å². The highest BCUT2D eigenvalue weighted by Crippen LogP contribution is 2.30. The Labute approximate surface area is 199 Å². The van der Waals surface area contributed by atoms with Crippen molar-refractivity contribution in [2.45, 2.75) is 5.16 Å². The lowest BCUT2D eigenvalue weighted by Gasteiger charge is -2.11. The molecule has 0 unspecified atom stereocenters. The van der Waals surface area contributed by atoms with Crippen molar-refractivity contribution in [2.24, 2.45) is 0 Å². The van der Waals surface area contributed by atoms with Crippen molar-refractivity contribution in [2.75, 3.05) is 11.1 Å². The summed E-state index contributed by atoms with van der Waals surface area (Å²) in [6.07, 6.45) is 0. The normalized spacial score (nSPS) is 10.9. The molecule has 3 aromatic carbocycles. The number of para-hydroxylation sites is 1. The van der Waals surface area contributed by atoms with Crippen LogP contribution in [0.1, 0.15) is 0 Å². The van der Waals surface area contributed by atoms with Gasteiger partial charge in [0.15, 0.2) is 16.8 Å². The fourth-order valence-corrected chi connectivity index (χ4v) is 4.31. The zero-order valence-corrected chi connectivity index (χ0v) is 19.4. The Balaban J connectivity index is 1.59. The average molecular weight is 536 g/mol. The third kappa shape index (κ3) is 5.01. The fraction of sp³-hybridized carbons (Fsp3) is 0.0455. The van der Waals surface area contributed by atoms with Crippen LogP contribution in [0.15, 0.2) is 76.4 Å². The second-order valence-electron chi connectivity index (χ2n) is 6.57. The number of thioether (sulfide) groups is 1. The van der Waals surface area contributed by atoms with Crippen molar-refractivity contribution < 1.29 is 13.6 Å². The summed E-state index contributed by atoms with van der Waals surface area (Å²) in [5.41, 5.74) is 1.50. The van der Waals surface area contributed by atoms with Gasteiger partial charge in [0.2, 0.25) is 5.91 Å². The third-order valence-electron chi connectivity index (χ3n) is 4.35. The molecular formula is C22H14BrClF2N4OS.